The van der Waals surface area contributed by atoms with Crippen molar-refractivity contribution in [3.8, 4) is 17.1 Å². The molecule has 1 N–H and O–H groups in total. The van der Waals surface area contributed by atoms with Crippen LogP contribution < -0.4 is 10.1 Å². The van der Waals surface area contributed by atoms with Crippen LogP contribution >= 0.6 is 11.3 Å². The van der Waals surface area contributed by atoms with E-state index in [1.54, 1.807) is 25.0 Å². The minimum absolute atomic E-state index is 0.0366. The molecule has 1 aliphatic carbocycles. The number of aryl methyl sites for hydroxylation is 1. The largest absolute Gasteiger partial charge is 0.481 e. The van der Waals surface area contributed by atoms with Gasteiger partial charge in [-0.05, 0) is 31.9 Å². The number of aromatic nitrogens is 4. The van der Waals surface area contributed by atoms with E-state index in [9.17, 15) is 13.6 Å². The Morgan fingerprint density at radius 1 is 1.34 bits per heavy atom. The maximum absolute atomic E-state index is 14.1. The highest BCUT2D eigenvalue weighted by atomic mass is 32.1. The van der Waals surface area contributed by atoms with Gasteiger partial charge in [-0.25, -0.2) is 18.4 Å². The molecule has 5 rings (SSSR count). The summed E-state index contributed by atoms with van der Waals surface area (Å²) in [6.45, 7) is 2.15. The molecule has 1 aromatic carbocycles. The van der Waals surface area contributed by atoms with Gasteiger partial charge in [0.1, 0.15) is 22.3 Å². The van der Waals surface area contributed by atoms with Gasteiger partial charge in [0, 0.05) is 48.2 Å². The first-order chi connectivity index (χ1) is 16.8. The Morgan fingerprint density at radius 3 is 2.86 bits per heavy atom. The third kappa shape index (κ3) is 4.31. The number of carbonyl (C=O) groups is 1. The average molecular weight is 500 g/mol. The van der Waals surface area contributed by atoms with Gasteiger partial charge in [0.2, 0.25) is 11.6 Å². The summed E-state index contributed by atoms with van der Waals surface area (Å²) in [4.78, 5) is 17.8. The Morgan fingerprint density at radius 2 is 2.14 bits per heavy atom. The Bertz CT molecular complexity index is 1390. The fraction of sp³-hybridized carbons (Fsp3) is 0.333. The summed E-state index contributed by atoms with van der Waals surface area (Å²) in [6, 6.07) is 4.43. The highest BCUT2D eigenvalue weighted by Gasteiger charge is 2.39. The predicted octanol–water partition coefficient (Wildman–Crippen LogP) is 4.43. The number of thiazole rings is 1. The van der Waals surface area contributed by atoms with Gasteiger partial charge >= 0.3 is 0 Å². The standard InChI is InChI=1S/C24H23F2N5O3S/c1-24(16-10-28-31(2)22(16)33-3,23-29-19(11-35-23)13-4-5-13)12-27-21(32)20-9-18(30-34-20)15-7-6-14(25)8-17(15)26/h6-11,13H,4-5,12H2,1-3H3,(H,27,32). The number of hydrogen-bond donors (Lipinski definition) is 1. The lowest BCUT2D eigenvalue weighted by atomic mass is 9.84. The van der Waals surface area contributed by atoms with Crippen LogP contribution in [0.4, 0.5) is 8.78 Å². The summed E-state index contributed by atoms with van der Waals surface area (Å²) < 4.78 is 39.7. The Labute approximate surface area is 203 Å². The van der Waals surface area contributed by atoms with Crippen molar-refractivity contribution in [1.29, 1.82) is 0 Å². The fourth-order valence-electron chi connectivity index (χ4n) is 3.99. The van der Waals surface area contributed by atoms with Crippen molar-refractivity contribution in [1.82, 2.24) is 25.2 Å². The molecule has 1 saturated carbocycles. The molecule has 0 radical (unpaired) electrons. The number of amides is 1. The van der Waals surface area contributed by atoms with E-state index in [0.717, 1.165) is 41.2 Å². The zero-order valence-electron chi connectivity index (χ0n) is 19.3. The molecule has 11 heteroatoms. The highest BCUT2D eigenvalue weighted by Crippen LogP contribution is 2.44. The van der Waals surface area contributed by atoms with Gasteiger partial charge in [0.15, 0.2) is 0 Å². The van der Waals surface area contributed by atoms with Crippen LogP contribution in [0.3, 0.4) is 0 Å². The van der Waals surface area contributed by atoms with Crippen LogP contribution in [-0.2, 0) is 12.5 Å². The number of hydrogen-bond acceptors (Lipinski definition) is 7. The van der Waals surface area contributed by atoms with Crippen molar-refractivity contribution in [2.75, 3.05) is 13.7 Å². The molecule has 1 atom stereocenters. The second-order valence-corrected chi connectivity index (χ2v) is 9.62. The normalized spacial score (nSPS) is 15.1. The molecule has 182 valence electrons. The number of nitrogens with zero attached hydrogens (tertiary/aromatic N) is 4. The molecule has 3 heterocycles. The summed E-state index contributed by atoms with van der Waals surface area (Å²) in [5, 5.41) is 13.9. The van der Waals surface area contributed by atoms with Gasteiger partial charge in [-0.15, -0.1) is 11.3 Å². The van der Waals surface area contributed by atoms with E-state index < -0.39 is 23.0 Å². The summed E-state index contributed by atoms with van der Waals surface area (Å²) in [5.74, 6) is -1.06. The Balaban J connectivity index is 1.41. The lowest BCUT2D eigenvalue weighted by Gasteiger charge is -2.27. The van der Waals surface area contributed by atoms with Crippen LogP contribution in [-0.4, -0.2) is 39.5 Å². The van der Waals surface area contributed by atoms with Crippen molar-refractivity contribution in [2.24, 2.45) is 7.05 Å². The van der Waals surface area contributed by atoms with Gasteiger partial charge in [0.25, 0.3) is 5.91 Å². The molecule has 1 unspecified atom stereocenters. The molecular weight excluding hydrogens is 476 g/mol. The van der Waals surface area contributed by atoms with E-state index in [4.69, 9.17) is 14.2 Å². The maximum atomic E-state index is 14.1. The van der Waals surface area contributed by atoms with Gasteiger partial charge in [-0.2, -0.15) is 5.10 Å². The molecule has 1 amide bonds. The zero-order valence-corrected chi connectivity index (χ0v) is 20.2. The van der Waals surface area contributed by atoms with Gasteiger partial charge in [-0.1, -0.05) is 5.16 Å². The number of methoxy groups -OCH3 is 1. The first-order valence-electron chi connectivity index (χ1n) is 11.0. The van der Waals surface area contributed by atoms with E-state index in [-0.39, 0.29) is 23.6 Å². The molecule has 3 aromatic heterocycles. The minimum atomic E-state index is -0.795. The van der Waals surface area contributed by atoms with E-state index in [1.165, 1.54) is 23.5 Å². The van der Waals surface area contributed by atoms with E-state index in [0.29, 0.717) is 11.8 Å². The summed E-state index contributed by atoms with van der Waals surface area (Å²) in [7, 11) is 3.35. The second kappa shape index (κ2) is 8.88. The van der Waals surface area contributed by atoms with Crippen LogP contribution in [0.25, 0.3) is 11.3 Å². The third-order valence-corrected chi connectivity index (χ3v) is 7.33. The van der Waals surface area contributed by atoms with Crippen molar-refractivity contribution in [2.45, 2.75) is 31.1 Å². The number of rotatable bonds is 8. The molecule has 1 fully saturated rings. The van der Waals surface area contributed by atoms with Crippen molar-refractivity contribution in [3.63, 3.8) is 0 Å². The Kier molecular flexibility index (Phi) is 5.87. The van der Waals surface area contributed by atoms with Crippen LogP contribution in [0.15, 0.2) is 40.4 Å². The molecule has 8 nitrogen and oxygen atoms in total. The zero-order chi connectivity index (χ0) is 24.7. The Hall–Kier alpha value is -3.60. The fourth-order valence-corrected chi connectivity index (χ4v) is 5.07. The predicted molar refractivity (Wildman–Crippen MR) is 124 cm³/mol. The van der Waals surface area contributed by atoms with Crippen LogP contribution in [0.5, 0.6) is 5.88 Å². The smallest absolute Gasteiger partial charge is 0.289 e. The molecular formula is C24H23F2N5O3S. The second-order valence-electron chi connectivity index (χ2n) is 8.76. The number of benzene rings is 1. The van der Waals surface area contributed by atoms with Crippen molar-refractivity contribution < 1.29 is 22.8 Å². The lowest BCUT2D eigenvalue weighted by molar-refractivity contribution is 0.0910. The monoisotopic (exact) mass is 499 g/mol. The van der Waals surface area contributed by atoms with Crippen molar-refractivity contribution >= 4 is 17.2 Å². The summed E-state index contributed by atoms with van der Waals surface area (Å²) in [5.41, 5.74) is 1.24. The van der Waals surface area contributed by atoms with Crippen LogP contribution in [0.2, 0.25) is 0 Å². The molecule has 35 heavy (non-hydrogen) atoms. The topological polar surface area (TPSA) is 95.1 Å². The third-order valence-electron chi connectivity index (χ3n) is 6.21. The average Bonchev–Trinajstić information content (AvgIpc) is 3.23. The number of carbonyl (C=O) groups excluding carboxylic acids is 1. The minimum Gasteiger partial charge on any atom is -0.481 e. The highest BCUT2D eigenvalue weighted by molar-refractivity contribution is 7.09. The van der Waals surface area contributed by atoms with Gasteiger partial charge < -0.3 is 14.6 Å². The first kappa shape index (κ1) is 23.2. The van der Waals surface area contributed by atoms with Gasteiger partial charge in [0.05, 0.1) is 24.4 Å². The summed E-state index contributed by atoms with van der Waals surface area (Å²) in [6.07, 6.45) is 3.98. The van der Waals surface area contributed by atoms with Crippen LogP contribution in [0.1, 0.15) is 52.5 Å². The van der Waals surface area contributed by atoms with Gasteiger partial charge in [-0.3, -0.25) is 4.79 Å². The number of ether oxygens (including phenoxy) is 1. The quantitative estimate of drug-likeness (QED) is 0.385. The summed E-state index contributed by atoms with van der Waals surface area (Å²) >= 11 is 1.54. The van der Waals surface area contributed by atoms with Crippen LogP contribution in [0, 0.1) is 11.6 Å². The lowest BCUT2D eigenvalue weighted by Crippen LogP contribution is -2.39. The SMILES string of the molecule is COc1c(C(C)(CNC(=O)c2cc(-c3ccc(F)cc3F)no2)c2nc(C3CC3)cs2)cnn1C. The molecule has 0 bridgehead atoms. The molecule has 1 aliphatic rings. The number of halogens is 2. The number of nitrogens with one attached hydrogen (secondary N) is 1. The molecule has 0 spiro atoms. The molecule has 4 aromatic rings. The van der Waals surface area contributed by atoms with Crippen molar-refractivity contribution in [3.05, 3.63) is 69.5 Å². The first-order valence-corrected chi connectivity index (χ1v) is 11.9. The van der Waals surface area contributed by atoms with E-state index in [1.807, 2.05) is 6.92 Å². The van der Waals surface area contributed by atoms with E-state index >= 15 is 0 Å². The maximum Gasteiger partial charge on any atom is 0.289 e. The molecule has 0 saturated heterocycles. The van der Waals surface area contributed by atoms with E-state index in [2.05, 4.69) is 21.0 Å². The molecule has 0 aliphatic heterocycles.